The quantitative estimate of drug-likeness (QED) is 0.188. The van der Waals surface area contributed by atoms with Crippen LogP contribution in [-0.4, -0.2) is 81.5 Å². The van der Waals surface area contributed by atoms with Gasteiger partial charge in [-0.1, -0.05) is 6.92 Å². The van der Waals surface area contributed by atoms with Crippen molar-refractivity contribution in [1.82, 2.24) is 5.32 Å². The Morgan fingerprint density at radius 1 is 1.23 bits per heavy atom. The molecule has 0 aliphatic rings. The summed E-state index contributed by atoms with van der Waals surface area (Å²) in [6.07, 6.45) is -1.50. The van der Waals surface area contributed by atoms with Crippen LogP contribution in [0.1, 0.15) is 26.2 Å². The number of hydrogen-bond donors (Lipinski definition) is 7. The number of aliphatic hydroxyl groups is 1. The van der Waals surface area contributed by atoms with Crippen LogP contribution in [0.5, 0.6) is 0 Å². The lowest BCUT2D eigenvalue weighted by molar-refractivity contribution is -0.140. The second kappa shape index (κ2) is 9.84. The predicted molar refractivity (Wildman–Crippen MR) is 74.7 cm³/mol. The van der Waals surface area contributed by atoms with E-state index in [0.29, 0.717) is 0 Å². The molecule has 11 heteroatoms. The van der Waals surface area contributed by atoms with Gasteiger partial charge in [-0.2, -0.15) is 0 Å². The minimum atomic E-state index is -4.45. The van der Waals surface area contributed by atoms with Crippen LogP contribution in [0.15, 0.2) is 0 Å². The Morgan fingerprint density at radius 2 is 1.82 bits per heavy atom. The highest BCUT2D eigenvalue weighted by atomic mass is 28.4. The molecule has 3 unspecified atom stereocenters. The van der Waals surface area contributed by atoms with Crippen molar-refractivity contribution in [2.45, 2.75) is 44.1 Å². The highest BCUT2D eigenvalue weighted by molar-refractivity contribution is 6.57. The molecule has 0 aromatic heterocycles. The van der Waals surface area contributed by atoms with Crippen LogP contribution in [-0.2, 0) is 14.3 Å². The third kappa shape index (κ3) is 9.04. The van der Waals surface area contributed by atoms with E-state index in [1.165, 1.54) is 0 Å². The highest BCUT2D eigenvalue weighted by Gasteiger charge is 2.39. The molecular weight excluding hydrogens is 318 g/mol. The number of hydrogen-bond acceptors (Lipinski definition) is 8. The van der Waals surface area contributed by atoms with Crippen LogP contribution in [0.4, 0.5) is 0 Å². The first-order chi connectivity index (χ1) is 10.1. The second-order valence-corrected chi connectivity index (χ2v) is 6.82. The van der Waals surface area contributed by atoms with E-state index in [1.54, 1.807) is 6.92 Å². The van der Waals surface area contributed by atoms with Crippen molar-refractivity contribution >= 4 is 20.7 Å². The summed E-state index contributed by atoms with van der Waals surface area (Å²) < 4.78 is 4.99. The fraction of sp³-hybridized carbons (Fsp3) is 0.818. The minimum Gasteiger partial charge on any atom is -0.481 e. The van der Waals surface area contributed by atoms with Crippen molar-refractivity contribution in [3.63, 3.8) is 0 Å². The summed E-state index contributed by atoms with van der Waals surface area (Å²) in [5, 5.41) is 29.5. The molecule has 0 bridgehead atoms. The predicted octanol–water partition coefficient (Wildman–Crippen LogP) is -2.49. The Morgan fingerprint density at radius 3 is 2.23 bits per heavy atom. The number of carboxylic acid groups (broad SMARTS) is 2. The smallest absolute Gasteiger partial charge is 0.481 e. The van der Waals surface area contributed by atoms with Crippen LogP contribution >= 0.6 is 0 Å². The van der Waals surface area contributed by atoms with Crippen molar-refractivity contribution in [2.75, 3.05) is 13.2 Å². The molecule has 0 fully saturated rings. The number of rotatable bonds is 12. The van der Waals surface area contributed by atoms with Gasteiger partial charge >= 0.3 is 20.7 Å². The lowest BCUT2D eigenvalue weighted by Gasteiger charge is -2.23. The molecule has 0 aromatic rings. The van der Waals surface area contributed by atoms with Crippen LogP contribution < -0.4 is 5.32 Å². The lowest BCUT2D eigenvalue weighted by atomic mass is 10.1. The molecular formula is C11H23NO9Si. The van der Waals surface area contributed by atoms with Gasteiger partial charge in [-0.05, 0) is 12.8 Å². The summed E-state index contributed by atoms with van der Waals surface area (Å²) in [6.45, 7) is 1.03. The zero-order valence-corrected chi connectivity index (χ0v) is 13.2. The van der Waals surface area contributed by atoms with E-state index < -0.39 is 38.6 Å². The number of aliphatic carboxylic acids is 2. The van der Waals surface area contributed by atoms with E-state index in [0.717, 1.165) is 0 Å². The number of aliphatic hydroxyl groups excluding tert-OH is 1. The largest absolute Gasteiger partial charge is 0.523 e. The Bertz CT molecular complexity index is 360. The van der Waals surface area contributed by atoms with E-state index in [9.17, 15) is 14.7 Å². The summed E-state index contributed by atoms with van der Waals surface area (Å²) in [5.74, 6) is -2.37. The Labute approximate surface area is 128 Å². The van der Waals surface area contributed by atoms with Gasteiger partial charge in [-0.3, -0.25) is 9.59 Å². The number of carboxylic acids is 2. The second-order valence-electron chi connectivity index (χ2n) is 4.80. The number of carbonyl (C=O) groups is 2. The molecule has 0 saturated carbocycles. The Balaban J connectivity index is 4.21. The van der Waals surface area contributed by atoms with E-state index in [2.05, 4.69) is 5.32 Å². The molecule has 0 spiro atoms. The molecule has 0 aliphatic heterocycles. The summed E-state index contributed by atoms with van der Waals surface area (Å²) in [4.78, 5) is 48.6. The third-order valence-electron chi connectivity index (χ3n) is 2.84. The van der Waals surface area contributed by atoms with E-state index in [1.807, 2.05) is 0 Å². The molecule has 0 radical (unpaired) electrons. The van der Waals surface area contributed by atoms with Crippen LogP contribution in [0.3, 0.4) is 0 Å². The van der Waals surface area contributed by atoms with Gasteiger partial charge in [0.1, 0.15) is 11.8 Å². The van der Waals surface area contributed by atoms with Gasteiger partial charge in [0.05, 0.1) is 12.7 Å². The van der Waals surface area contributed by atoms with E-state index >= 15 is 0 Å². The standard InChI is InChI=1S/C11H23NO9Si/c1-2-10(22(18,19)20)21-6-7(13)5-12-8(11(16)17)3-4-9(14)15/h7-8,10,12-13,18-20H,2-6H2,1H3,(H,14,15)(H,16,17). The van der Waals surface area contributed by atoms with E-state index in [4.69, 9.17) is 29.3 Å². The Hall–Kier alpha value is -1.08. The van der Waals surface area contributed by atoms with Crippen LogP contribution in [0.2, 0.25) is 0 Å². The van der Waals surface area contributed by atoms with Gasteiger partial charge in [0.2, 0.25) is 0 Å². The summed E-state index contributed by atoms with van der Waals surface area (Å²) >= 11 is 0. The van der Waals surface area contributed by atoms with Gasteiger partial charge in [-0.25, -0.2) is 0 Å². The zero-order valence-electron chi connectivity index (χ0n) is 12.2. The van der Waals surface area contributed by atoms with Crippen LogP contribution in [0.25, 0.3) is 0 Å². The third-order valence-corrected chi connectivity index (χ3v) is 4.28. The highest BCUT2D eigenvalue weighted by Crippen LogP contribution is 2.07. The normalized spacial score (nSPS) is 16.0. The molecule has 130 valence electrons. The molecule has 3 atom stereocenters. The van der Waals surface area contributed by atoms with Crippen molar-refractivity contribution in [3.8, 4) is 0 Å². The van der Waals surface area contributed by atoms with Gasteiger partial charge in [-0.15, -0.1) is 0 Å². The fourth-order valence-electron chi connectivity index (χ4n) is 1.65. The molecule has 7 N–H and O–H groups in total. The van der Waals surface area contributed by atoms with Gasteiger partial charge in [0.25, 0.3) is 0 Å². The van der Waals surface area contributed by atoms with Crippen molar-refractivity contribution in [1.29, 1.82) is 0 Å². The first-order valence-electron chi connectivity index (χ1n) is 6.72. The molecule has 0 rings (SSSR count). The monoisotopic (exact) mass is 341 g/mol. The summed E-state index contributed by atoms with van der Waals surface area (Å²) in [5.41, 5.74) is -1.19. The zero-order chi connectivity index (χ0) is 17.3. The van der Waals surface area contributed by atoms with Crippen molar-refractivity contribution in [2.24, 2.45) is 0 Å². The van der Waals surface area contributed by atoms with Gasteiger partial charge in [0, 0.05) is 13.0 Å². The average molecular weight is 341 g/mol. The minimum absolute atomic E-state index is 0.131. The fourth-order valence-corrected chi connectivity index (χ4v) is 2.52. The average Bonchev–Trinajstić information content (AvgIpc) is 2.36. The van der Waals surface area contributed by atoms with Crippen LogP contribution in [0, 0.1) is 0 Å². The topological polar surface area (TPSA) is 177 Å². The molecule has 0 aromatic carbocycles. The van der Waals surface area contributed by atoms with Crippen molar-refractivity contribution < 1.29 is 44.0 Å². The van der Waals surface area contributed by atoms with Gasteiger partial charge < -0.3 is 39.8 Å². The first kappa shape index (κ1) is 20.9. The van der Waals surface area contributed by atoms with Crippen molar-refractivity contribution in [3.05, 3.63) is 0 Å². The Kier molecular flexibility index (Phi) is 9.35. The first-order valence-corrected chi connectivity index (χ1v) is 8.64. The molecule has 10 nitrogen and oxygen atoms in total. The molecule has 0 heterocycles. The summed E-state index contributed by atoms with van der Waals surface area (Å²) in [7, 11) is -4.45. The maximum Gasteiger partial charge on any atom is 0.523 e. The SMILES string of the molecule is CCC(OCC(O)CNC(CCC(=O)O)C(=O)O)[Si](O)(O)O. The maximum atomic E-state index is 10.9. The van der Waals surface area contributed by atoms with E-state index in [-0.39, 0.29) is 32.4 Å². The molecule has 0 aliphatic carbocycles. The summed E-state index contributed by atoms with van der Waals surface area (Å²) in [6, 6.07) is -1.13. The molecule has 0 saturated heterocycles. The van der Waals surface area contributed by atoms with Gasteiger partial charge in [0.15, 0.2) is 0 Å². The molecule has 0 amide bonds. The number of ether oxygens (including phenoxy) is 1. The number of nitrogens with one attached hydrogen (secondary N) is 1. The lowest BCUT2D eigenvalue weighted by Crippen LogP contribution is -2.51. The maximum absolute atomic E-state index is 10.9. The molecule has 22 heavy (non-hydrogen) atoms.